The molecule has 0 fully saturated rings. The summed E-state index contributed by atoms with van der Waals surface area (Å²) < 4.78 is 6.39. The highest BCUT2D eigenvalue weighted by atomic mass is 32.1. The summed E-state index contributed by atoms with van der Waals surface area (Å²) in [5.74, 6) is 0.559. The van der Waals surface area contributed by atoms with E-state index < -0.39 is 0 Å². The van der Waals surface area contributed by atoms with Crippen LogP contribution in [0, 0.1) is 0 Å². The number of esters is 1. The molecule has 0 radical (unpaired) electrons. The minimum absolute atomic E-state index is 0.225. The van der Waals surface area contributed by atoms with E-state index in [2.05, 4.69) is 20.6 Å². The van der Waals surface area contributed by atoms with Crippen molar-refractivity contribution in [3.05, 3.63) is 65.5 Å². The van der Waals surface area contributed by atoms with E-state index in [1.807, 2.05) is 12.1 Å². The Morgan fingerprint density at radius 2 is 1.89 bits per heavy atom. The van der Waals surface area contributed by atoms with Gasteiger partial charge in [0.2, 0.25) is 10.1 Å². The first-order valence-electron chi connectivity index (χ1n) is 8.07. The fraction of sp³-hybridized carbons (Fsp3) is 0.111. The number of anilines is 2. The zero-order valence-electron chi connectivity index (χ0n) is 14.3. The summed E-state index contributed by atoms with van der Waals surface area (Å²) in [6.07, 6.45) is 0.554. The van der Waals surface area contributed by atoms with E-state index in [9.17, 15) is 9.90 Å². The van der Waals surface area contributed by atoms with Crippen LogP contribution < -0.4 is 5.32 Å². The van der Waals surface area contributed by atoms with Crippen molar-refractivity contribution < 1.29 is 14.6 Å². The number of nitrogens with zero attached hydrogens (tertiary/aromatic N) is 4. The zero-order chi connectivity index (χ0) is 18.8. The van der Waals surface area contributed by atoms with Crippen LogP contribution in [0.25, 0.3) is 4.96 Å². The van der Waals surface area contributed by atoms with Crippen molar-refractivity contribution in [3.8, 4) is 5.75 Å². The predicted octanol–water partition coefficient (Wildman–Crippen LogP) is 3.01. The van der Waals surface area contributed by atoms with E-state index >= 15 is 0 Å². The third-order valence-corrected chi connectivity index (χ3v) is 4.73. The highest BCUT2D eigenvalue weighted by Crippen LogP contribution is 2.24. The fourth-order valence-electron chi connectivity index (χ4n) is 2.55. The molecule has 0 amide bonds. The Kier molecular flexibility index (Phi) is 4.43. The number of nitrogens with one attached hydrogen (secondary N) is 1. The number of carbonyl (C=O) groups is 1. The molecule has 2 aromatic heterocycles. The number of ether oxygens (including phenoxy) is 1. The molecule has 4 rings (SSSR count). The third-order valence-electron chi connectivity index (χ3n) is 3.91. The van der Waals surface area contributed by atoms with Crippen LogP contribution in [0.4, 0.5) is 10.8 Å². The van der Waals surface area contributed by atoms with Gasteiger partial charge in [-0.3, -0.25) is 0 Å². The summed E-state index contributed by atoms with van der Waals surface area (Å²) in [6.45, 7) is 0. The van der Waals surface area contributed by atoms with Crippen molar-refractivity contribution >= 4 is 33.1 Å². The summed E-state index contributed by atoms with van der Waals surface area (Å²) >= 11 is 1.38. The second-order valence-corrected chi connectivity index (χ2v) is 6.71. The van der Waals surface area contributed by atoms with Gasteiger partial charge in [-0.25, -0.2) is 4.79 Å². The number of fused-ring (bicyclic) bond motifs is 1. The van der Waals surface area contributed by atoms with Crippen molar-refractivity contribution in [2.45, 2.75) is 6.42 Å². The number of phenolic OH excluding ortho intramolecular Hbond substituents is 1. The standard InChI is InChI=1S/C18H15N5O3S/c1-26-16(25)12-4-6-13(7-5-12)19-17-22-23-15(20-21-18(23)27-17)10-11-2-8-14(24)9-3-11/h2-9,24H,10H2,1H3,(H,19,22). The smallest absolute Gasteiger partial charge is 0.337 e. The number of rotatable bonds is 5. The minimum atomic E-state index is -0.376. The predicted molar refractivity (Wildman–Crippen MR) is 101 cm³/mol. The Balaban J connectivity index is 1.53. The molecule has 27 heavy (non-hydrogen) atoms. The van der Waals surface area contributed by atoms with Gasteiger partial charge in [0.25, 0.3) is 0 Å². The van der Waals surface area contributed by atoms with Crippen LogP contribution >= 0.6 is 11.3 Å². The molecule has 4 aromatic rings. The molecule has 0 saturated heterocycles. The maximum absolute atomic E-state index is 11.5. The lowest BCUT2D eigenvalue weighted by molar-refractivity contribution is 0.0601. The van der Waals surface area contributed by atoms with Gasteiger partial charge in [0.1, 0.15) is 5.75 Å². The molecule has 2 heterocycles. The molecular weight excluding hydrogens is 366 g/mol. The topological polar surface area (TPSA) is 102 Å². The van der Waals surface area contributed by atoms with Crippen LogP contribution in [0.5, 0.6) is 5.75 Å². The van der Waals surface area contributed by atoms with E-state index in [0.29, 0.717) is 27.9 Å². The zero-order valence-corrected chi connectivity index (χ0v) is 15.1. The van der Waals surface area contributed by atoms with Crippen LogP contribution in [-0.4, -0.2) is 38.0 Å². The number of phenols is 1. The Labute approximate surface area is 158 Å². The van der Waals surface area contributed by atoms with Crippen molar-refractivity contribution in [1.82, 2.24) is 19.8 Å². The van der Waals surface area contributed by atoms with Crippen LogP contribution in [0.2, 0.25) is 0 Å². The molecular formula is C18H15N5O3S. The Hall–Kier alpha value is -3.46. The lowest BCUT2D eigenvalue weighted by Crippen LogP contribution is -2.01. The lowest BCUT2D eigenvalue weighted by atomic mass is 10.1. The average Bonchev–Trinajstić information content (AvgIpc) is 3.25. The van der Waals surface area contributed by atoms with Gasteiger partial charge in [0, 0.05) is 12.1 Å². The number of aromatic hydroxyl groups is 1. The highest BCUT2D eigenvalue weighted by molar-refractivity contribution is 7.20. The summed E-state index contributed by atoms with van der Waals surface area (Å²) in [5.41, 5.74) is 2.29. The van der Waals surface area contributed by atoms with Crippen molar-refractivity contribution in [3.63, 3.8) is 0 Å². The average molecular weight is 381 g/mol. The first kappa shape index (κ1) is 17.0. The highest BCUT2D eigenvalue weighted by Gasteiger charge is 2.13. The second kappa shape index (κ2) is 7.04. The number of carbonyl (C=O) groups excluding carboxylic acids is 1. The molecule has 9 heteroatoms. The Morgan fingerprint density at radius 3 is 2.59 bits per heavy atom. The first-order chi connectivity index (χ1) is 13.1. The Bertz CT molecular complexity index is 1090. The van der Waals surface area contributed by atoms with Crippen LogP contribution in [0.3, 0.4) is 0 Å². The molecule has 2 N–H and O–H groups in total. The van der Waals surface area contributed by atoms with Crippen molar-refractivity contribution in [1.29, 1.82) is 0 Å². The van der Waals surface area contributed by atoms with Gasteiger partial charge in [-0.15, -0.1) is 15.3 Å². The van der Waals surface area contributed by atoms with E-state index in [1.165, 1.54) is 18.4 Å². The molecule has 0 bridgehead atoms. The molecule has 0 aliphatic carbocycles. The molecule has 2 aromatic carbocycles. The molecule has 0 aliphatic rings. The normalized spacial score (nSPS) is 10.9. The van der Waals surface area contributed by atoms with E-state index in [0.717, 1.165) is 11.3 Å². The molecule has 0 atom stereocenters. The summed E-state index contributed by atoms with van der Waals surface area (Å²) in [7, 11) is 1.35. The number of aromatic nitrogens is 4. The van der Waals surface area contributed by atoms with Gasteiger partial charge in [0.15, 0.2) is 5.82 Å². The fourth-order valence-corrected chi connectivity index (χ4v) is 3.32. The van der Waals surface area contributed by atoms with E-state index in [-0.39, 0.29) is 11.7 Å². The van der Waals surface area contributed by atoms with Crippen molar-refractivity contribution in [2.75, 3.05) is 12.4 Å². The second-order valence-electron chi connectivity index (χ2n) is 5.75. The molecule has 0 aliphatic heterocycles. The van der Waals surface area contributed by atoms with Gasteiger partial charge in [-0.2, -0.15) is 4.52 Å². The Morgan fingerprint density at radius 1 is 1.15 bits per heavy atom. The number of benzene rings is 2. The minimum Gasteiger partial charge on any atom is -0.508 e. The van der Waals surface area contributed by atoms with Crippen LogP contribution in [0.15, 0.2) is 48.5 Å². The first-order valence-corrected chi connectivity index (χ1v) is 8.88. The van der Waals surface area contributed by atoms with Gasteiger partial charge in [-0.05, 0) is 42.0 Å². The lowest BCUT2D eigenvalue weighted by Gasteiger charge is -2.03. The van der Waals surface area contributed by atoms with Crippen molar-refractivity contribution in [2.24, 2.45) is 0 Å². The van der Waals surface area contributed by atoms with E-state index in [1.54, 1.807) is 40.9 Å². The quantitative estimate of drug-likeness (QED) is 0.512. The molecule has 136 valence electrons. The summed E-state index contributed by atoms with van der Waals surface area (Å²) in [4.78, 5) is 12.2. The number of hydrogen-bond acceptors (Lipinski definition) is 8. The molecule has 0 unspecified atom stereocenters. The SMILES string of the molecule is COC(=O)c1ccc(Nc2nn3c(Cc4ccc(O)cc4)nnc3s2)cc1. The maximum atomic E-state index is 11.5. The molecule has 8 nitrogen and oxygen atoms in total. The third kappa shape index (κ3) is 3.58. The van der Waals surface area contributed by atoms with Gasteiger partial charge < -0.3 is 15.2 Å². The molecule has 0 saturated carbocycles. The largest absolute Gasteiger partial charge is 0.508 e. The van der Waals surface area contributed by atoms with Gasteiger partial charge in [0.05, 0.1) is 12.7 Å². The molecule has 0 spiro atoms. The maximum Gasteiger partial charge on any atom is 0.337 e. The van der Waals surface area contributed by atoms with Crippen LogP contribution in [-0.2, 0) is 11.2 Å². The monoisotopic (exact) mass is 381 g/mol. The van der Waals surface area contributed by atoms with Crippen LogP contribution in [0.1, 0.15) is 21.7 Å². The summed E-state index contributed by atoms with van der Waals surface area (Å²) in [5, 5.41) is 26.1. The van der Waals surface area contributed by atoms with Gasteiger partial charge >= 0.3 is 5.97 Å². The van der Waals surface area contributed by atoms with E-state index in [4.69, 9.17) is 4.74 Å². The summed E-state index contributed by atoms with van der Waals surface area (Å²) in [6, 6.07) is 13.9. The number of methoxy groups -OCH3 is 1. The van der Waals surface area contributed by atoms with Gasteiger partial charge in [-0.1, -0.05) is 23.5 Å². The number of hydrogen-bond donors (Lipinski definition) is 2.